The zero-order chi connectivity index (χ0) is 19.3. The summed E-state index contributed by atoms with van der Waals surface area (Å²) in [4.78, 5) is 0. The van der Waals surface area contributed by atoms with Crippen LogP contribution in [0.2, 0.25) is 13.1 Å². The summed E-state index contributed by atoms with van der Waals surface area (Å²) in [5.41, 5.74) is -0.0920. The van der Waals surface area contributed by atoms with Gasteiger partial charge in [-0.1, -0.05) is 0 Å². The Kier molecular flexibility index (Phi) is 5.04. The topological polar surface area (TPSA) is 42.5 Å². The molecule has 0 radical (unpaired) electrons. The van der Waals surface area contributed by atoms with Crippen molar-refractivity contribution in [1.82, 2.24) is 10.6 Å². The van der Waals surface area contributed by atoms with Gasteiger partial charge < -0.3 is 19.5 Å². The lowest BCUT2D eigenvalue weighted by Crippen LogP contribution is -2.55. The molecular formula is C20H38N2O2Si. The molecular weight excluding hydrogens is 328 g/mol. The molecule has 2 aliphatic heterocycles. The van der Waals surface area contributed by atoms with Crippen molar-refractivity contribution in [2.24, 2.45) is 0 Å². The van der Waals surface area contributed by atoms with Crippen LogP contribution in [0.25, 0.3) is 0 Å². The fourth-order valence-electron chi connectivity index (χ4n) is 4.47. The first-order valence-electron chi connectivity index (χ1n) is 9.39. The maximum absolute atomic E-state index is 6.47. The molecule has 2 aliphatic rings. The van der Waals surface area contributed by atoms with E-state index in [1.54, 1.807) is 0 Å². The summed E-state index contributed by atoms with van der Waals surface area (Å²) in [5.74, 6) is 2.11. The smallest absolute Gasteiger partial charge is 0.453 e. The largest absolute Gasteiger partial charge is 0.516 e. The van der Waals surface area contributed by atoms with Gasteiger partial charge in [-0.05, 0) is 67.5 Å². The average Bonchev–Trinajstić information content (AvgIpc) is 2.15. The Morgan fingerprint density at radius 2 is 1.04 bits per heavy atom. The predicted octanol–water partition coefficient (Wildman–Crippen LogP) is 4.59. The molecule has 0 bridgehead atoms. The molecule has 144 valence electrons. The molecule has 0 aliphatic carbocycles. The van der Waals surface area contributed by atoms with E-state index >= 15 is 0 Å². The number of hydrogen-bond donors (Lipinski definition) is 2. The minimum absolute atomic E-state index is 0.0239. The summed E-state index contributed by atoms with van der Waals surface area (Å²) in [6.45, 7) is 21.9. The molecule has 0 fully saturated rings. The zero-order valence-electron chi connectivity index (χ0n) is 17.9. The van der Waals surface area contributed by atoms with Crippen LogP contribution in [0.1, 0.15) is 68.2 Å². The van der Waals surface area contributed by atoms with E-state index in [1.807, 2.05) is 0 Å². The highest BCUT2D eigenvalue weighted by Gasteiger charge is 2.40. The molecule has 2 N–H and O–H groups in total. The van der Waals surface area contributed by atoms with Crippen LogP contribution in [0.4, 0.5) is 0 Å². The van der Waals surface area contributed by atoms with Crippen molar-refractivity contribution in [3.05, 3.63) is 23.7 Å². The number of hydrogen-bond acceptors (Lipinski definition) is 4. The summed E-state index contributed by atoms with van der Waals surface area (Å²) >= 11 is 0. The van der Waals surface area contributed by atoms with E-state index in [0.29, 0.717) is 0 Å². The van der Waals surface area contributed by atoms with E-state index in [1.165, 1.54) is 0 Å². The van der Waals surface area contributed by atoms with Gasteiger partial charge in [0.05, 0.1) is 11.5 Å². The quantitative estimate of drug-likeness (QED) is 0.714. The van der Waals surface area contributed by atoms with Crippen molar-refractivity contribution in [2.45, 2.75) is 103 Å². The predicted molar refractivity (Wildman–Crippen MR) is 108 cm³/mol. The Labute approximate surface area is 155 Å². The molecule has 2 heterocycles. The second kappa shape index (κ2) is 6.14. The highest BCUT2D eigenvalue weighted by molar-refractivity contribution is 6.65. The Balaban J connectivity index is 2.14. The van der Waals surface area contributed by atoms with Gasteiger partial charge in [0.25, 0.3) is 0 Å². The fraction of sp³-hybridized carbons (Fsp3) is 0.800. The van der Waals surface area contributed by atoms with Gasteiger partial charge in [0.1, 0.15) is 0 Å². The van der Waals surface area contributed by atoms with Crippen molar-refractivity contribution in [2.75, 3.05) is 0 Å². The van der Waals surface area contributed by atoms with Crippen LogP contribution < -0.4 is 10.6 Å². The average molecular weight is 367 g/mol. The van der Waals surface area contributed by atoms with Gasteiger partial charge in [-0.3, -0.25) is 0 Å². The van der Waals surface area contributed by atoms with Crippen LogP contribution in [-0.2, 0) is 8.85 Å². The Hall–Kier alpha value is -0.783. The van der Waals surface area contributed by atoms with Crippen molar-refractivity contribution < 1.29 is 8.85 Å². The van der Waals surface area contributed by atoms with Gasteiger partial charge >= 0.3 is 8.56 Å². The molecule has 0 aromatic carbocycles. The molecule has 0 amide bonds. The van der Waals surface area contributed by atoms with E-state index in [4.69, 9.17) is 8.85 Å². The van der Waals surface area contributed by atoms with Crippen LogP contribution in [0.3, 0.4) is 0 Å². The Morgan fingerprint density at radius 3 is 1.32 bits per heavy atom. The van der Waals surface area contributed by atoms with Crippen LogP contribution in [0.15, 0.2) is 23.7 Å². The molecule has 4 nitrogen and oxygen atoms in total. The normalized spacial score (nSPS) is 27.1. The zero-order valence-corrected chi connectivity index (χ0v) is 18.9. The molecule has 0 saturated heterocycles. The highest BCUT2D eigenvalue weighted by Crippen LogP contribution is 2.33. The van der Waals surface area contributed by atoms with Gasteiger partial charge in [0, 0.05) is 48.1 Å². The van der Waals surface area contributed by atoms with Crippen molar-refractivity contribution in [1.29, 1.82) is 0 Å². The fourth-order valence-corrected chi connectivity index (χ4v) is 6.03. The number of nitrogens with one attached hydrogen (secondary N) is 2. The monoisotopic (exact) mass is 366 g/mol. The lowest BCUT2D eigenvalue weighted by molar-refractivity contribution is 0.184. The molecule has 0 spiro atoms. The van der Waals surface area contributed by atoms with Crippen molar-refractivity contribution in [3.63, 3.8) is 0 Å². The standard InChI is InChI=1S/C20H38N2O2Si/c1-17(2)11-15(12-18(3,4)21-17)23-25(9,10)24-16-13-19(5,6)22-20(7,8)14-16/h11,13,21-22H,12,14H2,1-10H3. The summed E-state index contributed by atoms with van der Waals surface area (Å²) in [6.07, 6.45) is 6.18. The van der Waals surface area contributed by atoms with Gasteiger partial charge in [-0.2, -0.15) is 0 Å². The molecule has 5 heteroatoms. The minimum Gasteiger partial charge on any atom is -0.516 e. The van der Waals surface area contributed by atoms with E-state index in [-0.39, 0.29) is 22.2 Å². The first kappa shape index (κ1) is 20.5. The highest BCUT2D eigenvalue weighted by atomic mass is 28.4. The van der Waals surface area contributed by atoms with Gasteiger partial charge in [0.2, 0.25) is 0 Å². The maximum Gasteiger partial charge on any atom is 0.453 e. The van der Waals surface area contributed by atoms with Crippen molar-refractivity contribution >= 4 is 8.56 Å². The molecule has 0 aromatic heterocycles. The summed E-state index contributed by atoms with van der Waals surface area (Å²) in [5, 5.41) is 7.30. The van der Waals surface area contributed by atoms with Gasteiger partial charge in [0.15, 0.2) is 0 Å². The van der Waals surface area contributed by atoms with Crippen LogP contribution in [0.5, 0.6) is 0 Å². The third kappa shape index (κ3) is 6.15. The lowest BCUT2D eigenvalue weighted by atomic mass is 9.87. The minimum atomic E-state index is -2.32. The molecule has 0 saturated carbocycles. The Bertz CT molecular complexity index is 537. The third-order valence-electron chi connectivity index (χ3n) is 4.35. The summed E-state index contributed by atoms with van der Waals surface area (Å²) in [7, 11) is -2.32. The van der Waals surface area contributed by atoms with Gasteiger partial charge in [-0.25, -0.2) is 0 Å². The number of rotatable bonds is 4. The van der Waals surface area contributed by atoms with E-state index in [0.717, 1.165) is 24.4 Å². The molecule has 2 rings (SSSR count). The maximum atomic E-state index is 6.47. The SMILES string of the molecule is CC1(C)C=C(O[Si](C)(C)OC2=CC(C)(C)NC(C)(C)C2)CC(C)(C)N1. The van der Waals surface area contributed by atoms with Gasteiger partial charge in [-0.15, -0.1) is 0 Å². The van der Waals surface area contributed by atoms with E-state index < -0.39 is 8.56 Å². The first-order chi connectivity index (χ1) is 11.0. The summed E-state index contributed by atoms with van der Waals surface area (Å²) < 4.78 is 12.9. The first-order valence-corrected chi connectivity index (χ1v) is 12.2. The second-order valence-corrected chi connectivity index (χ2v) is 13.8. The molecule has 0 atom stereocenters. The van der Waals surface area contributed by atoms with E-state index in [2.05, 4.69) is 91.3 Å². The van der Waals surface area contributed by atoms with Crippen LogP contribution in [0, 0.1) is 0 Å². The van der Waals surface area contributed by atoms with E-state index in [9.17, 15) is 0 Å². The Morgan fingerprint density at radius 1 is 0.720 bits per heavy atom. The van der Waals surface area contributed by atoms with Crippen LogP contribution in [-0.4, -0.2) is 30.7 Å². The summed E-state index contributed by atoms with van der Waals surface area (Å²) in [6, 6.07) is 0. The van der Waals surface area contributed by atoms with Crippen LogP contribution >= 0.6 is 0 Å². The molecule has 0 aromatic rings. The molecule has 0 unspecified atom stereocenters. The lowest BCUT2D eigenvalue weighted by Gasteiger charge is -2.44. The second-order valence-electron chi connectivity index (χ2n) is 10.6. The molecule has 25 heavy (non-hydrogen) atoms. The van der Waals surface area contributed by atoms with Crippen molar-refractivity contribution in [3.8, 4) is 0 Å². The third-order valence-corrected chi connectivity index (χ3v) is 5.86.